The Kier molecular flexibility index (Phi) is 4.48. The third-order valence-electron chi connectivity index (χ3n) is 2.78. The maximum absolute atomic E-state index is 10.7. The Bertz CT molecular complexity index is 738. The fourth-order valence-electron chi connectivity index (χ4n) is 1.67. The lowest BCUT2D eigenvalue weighted by Crippen LogP contribution is -2.05. The Labute approximate surface area is 133 Å². The third kappa shape index (κ3) is 3.10. The molecule has 0 atom stereocenters. The first kappa shape index (κ1) is 16.0. The highest BCUT2D eigenvalue weighted by Gasteiger charge is 2.20. The average molecular weight is 347 g/mol. The first-order valence-electron chi connectivity index (χ1n) is 5.72. The van der Waals surface area contributed by atoms with Crippen molar-refractivity contribution in [3.63, 3.8) is 0 Å². The first-order chi connectivity index (χ1) is 10.3. The summed E-state index contributed by atoms with van der Waals surface area (Å²) in [6.45, 7) is -0.0887. The van der Waals surface area contributed by atoms with E-state index in [1.54, 1.807) is 0 Å². The van der Waals surface area contributed by atoms with Gasteiger partial charge in [0.1, 0.15) is 12.8 Å². The number of halogens is 2. The minimum absolute atomic E-state index is 0.0316. The van der Waals surface area contributed by atoms with Gasteiger partial charge in [0.15, 0.2) is 11.4 Å². The van der Waals surface area contributed by atoms with Crippen LogP contribution in [0.15, 0.2) is 18.3 Å². The molecule has 0 saturated carbocycles. The molecule has 0 aliphatic heterocycles. The zero-order valence-electron chi connectivity index (χ0n) is 11.0. The van der Waals surface area contributed by atoms with Crippen molar-refractivity contribution >= 4 is 34.8 Å². The smallest absolute Gasteiger partial charge is 0.434 e. The molecule has 0 spiro atoms. The summed E-state index contributed by atoms with van der Waals surface area (Å²) in [5.41, 5.74) is 0.149. The third-order valence-corrected chi connectivity index (χ3v) is 3.34. The van der Waals surface area contributed by atoms with Crippen LogP contribution < -0.4 is 4.74 Å². The highest BCUT2D eigenvalue weighted by molar-refractivity contribution is 6.37. The maximum Gasteiger partial charge on any atom is 0.434 e. The standard InChI is InChI=1S/C11H8Cl2N4O5/c1-15-7(4-14-11(15)17(20)21)5-22-10-8(12)2-6(16(18)19)3-9(10)13/h2-4H,5H2,1H3. The molecule has 0 radical (unpaired) electrons. The lowest BCUT2D eigenvalue weighted by Gasteiger charge is -2.09. The largest absolute Gasteiger partial charge is 0.483 e. The summed E-state index contributed by atoms with van der Waals surface area (Å²) in [4.78, 5) is 23.7. The molecule has 116 valence electrons. The van der Waals surface area contributed by atoms with Crippen molar-refractivity contribution in [3.8, 4) is 5.75 Å². The number of non-ortho nitro benzene ring substituents is 1. The van der Waals surface area contributed by atoms with Crippen LogP contribution in [0.5, 0.6) is 5.75 Å². The molecule has 0 N–H and O–H groups in total. The lowest BCUT2D eigenvalue weighted by molar-refractivity contribution is -0.396. The zero-order valence-corrected chi connectivity index (χ0v) is 12.5. The van der Waals surface area contributed by atoms with E-state index in [1.165, 1.54) is 17.8 Å². The van der Waals surface area contributed by atoms with Crippen LogP contribution in [0.4, 0.5) is 11.6 Å². The van der Waals surface area contributed by atoms with Crippen molar-refractivity contribution in [1.29, 1.82) is 0 Å². The molecule has 9 nitrogen and oxygen atoms in total. The van der Waals surface area contributed by atoms with Crippen LogP contribution in [0.3, 0.4) is 0 Å². The quantitative estimate of drug-likeness (QED) is 0.606. The van der Waals surface area contributed by atoms with E-state index >= 15 is 0 Å². The summed E-state index contributed by atoms with van der Waals surface area (Å²) in [5, 5.41) is 21.3. The minimum Gasteiger partial charge on any atom is -0.483 e. The second-order valence-corrected chi connectivity index (χ2v) is 4.96. The van der Waals surface area contributed by atoms with Gasteiger partial charge in [-0.2, -0.15) is 0 Å². The van der Waals surface area contributed by atoms with Crippen LogP contribution in [-0.2, 0) is 13.7 Å². The summed E-state index contributed by atoms with van der Waals surface area (Å²) in [7, 11) is 1.46. The van der Waals surface area contributed by atoms with Gasteiger partial charge < -0.3 is 14.9 Å². The first-order valence-corrected chi connectivity index (χ1v) is 6.48. The molecular formula is C11H8Cl2N4O5. The number of benzene rings is 1. The van der Waals surface area contributed by atoms with Gasteiger partial charge in [-0.05, 0) is 4.92 Å². The molecule has 0 aliphatic carbocycles. The highest BCUT2D eigenvalue weighted by atomic mass is 35.5. The van der Waals surface area contributed by atoms with Crippen molar-refractivity contribution in [1.82, 2.24) is 9.55 Å². The van der Waals surface area contributed by atoms with Gasteiger partial charge in [-0.25, -0.2) is 4.57 Å². The van der Waals surface area contributed by atoms with Crippen LogP contribution in [0.25, 0.3) is 0 Å². The van der Waals surface area contributed by atoms with Crippen LogP contribution in [0.2, 0.25) is 10.0 Å². The SMILES string of the molecule is Cn1c(COc2c(Cl)cc([N+](=O)[O-])cc2Cl)cnc1[N+](=O)[O-]. The molecule has 0 aliphatic rings. The van der Waals surface area contributed by atoms with Crippen LogP contribution in [0.1, 0.15) is 5.69 Å². The number of imidazole rings is 1. The fourth-order valence-corrected chi connectivity index (χ4v) is 2.26. The maximum atomic E-state index is 10.7. The van der Waals surface area contributed by atoms with E-state index in [2.05, 4.69) is 4.98 Å². The van der Waals surface area contributed by atoms with Gasteiger partial charge in [-0.15, -0.1) is 0 Å². The zero-order chi connectivity index (χ0) is 16.4. The van der Waals surface area contributed by atoms with Crippen molar-refractivity contribution < 1.29 is 14.6 Å². The Morgan fingerprint density at radius 1 is 1.23 bits per heavy atom. The number of nitro benzene ring substituents is 1. The highest BCUT2D eigenvalue weighted by Crippen LogP contribution is 2.37. The van der Waals surface area contributed by atoms with Gasteiger partial charge in [-0.1, -0.05) is 28.2 Å². The summed E-state index contributed by atoms with van der Waals surface area (Å²) in [6, 6.07) is 2.21. The fraction of sp³-hybridized carbons (Fsp3) is 0.182. The molecule has 0 amide bonds. The van der Waals surface area contributed by atoms with Crippen LogP contribution in [-0.4, -0.2) is 19.4 Å². The number of hydrogen-bond acceptors (Lipinski definition) is 6. The van der Waals surface area contributed by atoms with Gasteiger partial charge in [0.2, 0.25) is 0 Å². The molecule has 22 heavy (non-hydrogen) atoms. The predicted octanol–water partition coefficient (Wildman–Crippen LogP) is 3.12. The number of nitro groups is 2. The molecule has 11 heteroatoms. The molecule has 1 aromatic heterocycles. The van der Waals surface area contributed by atoms with Crippen molar-refractivity contribution in [2.45, 2.75) is 6.61 Å². The van der Waals surface area contributed by atoms with E-state index in [-0.39, 0.29) is 34.0 Å². The molecule has 0 bridgehead atoms. The Morgan fingerprint density at radius 3 is 2.27 bits per heavy atom. The van der Waals surface area contributed by atoms with Gasteiger partial charge in [-0.3, -0.25) is 10.1 Å². The number of rotatable bonds is 5. The predicted molar refractivity (Wildman–Crippen MR) is 77.3 cm³/mol. The second kappa shape index (κ2) is 6.16. The van der Waals surface area contributed by atoms with E-state index < -0.39 is 9.85 Å². The summed E-state index contributed by atoms with van der Waals surface area (Å²) in [5.74, 6) is -0.280. The molecule has 0 unspecified atom stereocenters. The molecule has 0 fully saturated rings. The molecule has 1 heterocycles. The van der Waals surface area contributed by atoms with E-state index in [1.807, 2.05) is 0 Å². The Morgan fingerprint density at radius 2 is 1.82 bits per heavy atom. The molecule has 2 rings (SSSR count). The van der Waals surface area contributed by atoms with E-state index in [4.69, 9.17) is 27.9 Å². The van der Waals surface area contributed by atoms with Gasteiger partial charge in [0.25, 0.3) is 5.69 Å². The molecule has 1 aromatic carbocycles. The summed E-state index contributed by atoms with van der Waals surface area (Å²) >= 11 is 11.8. The van der Waals surface area contributed by atoms with Crippen LogP contribution >= 0.6 is 23.2 Å². The number of aromatic nitrogens is 2. The summed E-state index contributed by atoms with van der Waals surface area (Å²) < 4.78 is 6.64. The molecular weight excluding hydrogens is 339 g/mol. The normalized spacial score (nSPS) is 10.5. The van der Waals surface area contributed by atoms with Crippen molar-refractivity contribution in [2.75, 3.05) is 0 Å². The minimum atomic E-state index is -0.633. The van der Waals surface area contributed by atoms with Crippen molar-refractivity contribution in [3.05, 3.63) is 54.3 Å². The monoisotopic (exact) mass is 346 g/mol. The topological polar surface area (TPSA) is 113 Å². The van der Waals surface area contributed by atoms with E-state index in [9.17, 15) is 20.2 Å². The van der Waals surface area contributed by atoms with Crippen molar-refractivity contribution in [2.24, 2.45) is 7.05 Å². The average Bonchev–Trinajstić information content (AvgIpc) is 2.79. The van der Waals surface area contributed by atoms with Gasteiger partial charge in [0.05, 0.1) is 22.0 Å². The Balaban J connectivity index is 2.22. The lowest BCUT2D eigenvalue weighted by atomic mass is 10.3. The molecule has 2 aromatic rings. The number of nitrogens with zero attached hydrogens (tertiary/aromatic N) is 4. The van der Waals surface area contributed by atoms with E-state index in [0.29, 0.717) is 5.69 Å². The molecule has 0 saturated heterocycles. The second-order valence-electron chi connectivity index (χ2n) is 4.15. The van der Waals surface area contributed by atoms with Gasteiger partial charge >= 0.3 is 5.95 Å². The Hall–Kier alpha value is -2.39. The van der Waals surface area contributed by atoms with Crippen LogP contribution in [0, 0.1) is 20.2 Å². The summed E-state index contributed by atoms with van der Waals surface area (Å²) in [6.07, 6.45) is 1.28. The van der Waals surface area contributed by atoms with Gasteiger partial charge in [0, 0.05) is 12.1 Å². The number of ether oxygens (including phenoxy) is 1. The number of hydrogen-bond donors (Lipinski definition) is 0. The van der Waals surface area contributed by atoms with E-state index in [0.717, 1.165) is 12.1 Å².